The second kappa shape index (κ2) is 13.2. The van der Waals surface area contributed by atoms with Crippen molar-refractivity contribution < 1.29 is 14.6 Å². The van der Waals surface area contributed by atoms with Crippen molar-refractivity contribution in [2.75, 3.05) is 13.2 Å². The average molecular weight is 354 g/mol. The maximum absolute atomic E-state index is 11.8. The molecular formula is C20H35NO4. The van der Waals surface area contributed by atoms with E-state index in [-0.39, 0.29) is 24.2 Å². The quantitative estimate of drug-likeness (QED) is 0.253. The number of nitrogens with zero attached hydrogens (tertiary/aromatic N) is 1. The number of nitroso groups, excluding NO2 is 1. The van der Waals surface area contributed by atoms with Crippen molar-refractivity contribution in [3.8, 4) is 0 Å². The van der Waals surface area contributed by atoms with Gasteiger partial charge >= 0.3 is 0 Å². The van der Waals surface area contributed by atoms with Crippen molar-refractivity contribution >= 4 is 5.78 Å². The van der Waals surface area contributed by atoms with E-state index in [9.17, 15) is 14.8 Å². The van der Waals surface area contributed by atoms with E-state index < -0.39 is 6.10 Å². The summed E-state index contributed by atoms with van der Waals surface area (Å²) in [5, 5.41) is 13.2. The first-order valence-electron chi connectivity index (χ1n) is 9.90. The summed E-state index contributed by atoms with van der Waals surface area (Å²) < 4.78 is 5.43. The largest absolute Gasteiger partial charge is 0.392 e. The van der Waals surface area contributed by atoms with Crippen molar-refractivity contribution in [3.63, 3.8) is 0 Å². The third kappa shape index (κ3) is 9.26. The molecule has 0 aliphatic heterocycles. The van der Waals surface area contributed by atoms with Crippen molar-refractivity contribution in [1.82, 2.24) is 0 Å². The Balaban J connectivity index is 2.12. The third-order valence-corrected chi connectivity index (χ3v) is 4.82. The molecule has 0 amide bonds. The molecule has 1 fully saturated rings. The van der Waals surface area contributed by atoms with Crippen LogP contribution < -0.4 is 0 Å². The Kier molecular flexibility index (Phi) is 11.6. The fraction of sp³-hybridized carbons (Fsp3) is 0.850. The Morgan fingerprint density at radius 1 is 1.20 bits per heavy atom. The Morgan fingerprint density at radius 2 is 1.92 bits per heavy atom. The van der Waals surface area contributed by atoms with Gasteiger partial charge in [0, 0.05) is 32.0 Å². The molecule has 4 atom stereocenters. The van der Waals surface area contributed by atoms with E-state index in [0.29, 0.717) is 25.4 Å². The van der Waals surface area contributed by atoms with Gasteiger partial charge in [-0.1, -0.05) is 50.4 Å². The molecule has 144 valence electrons. The minimum Gasteiger partial charge on any atom is -0.392 e. The number of rotatable bonds is 16. The third-order valence-electron chi connectivity index (χ3n) is 4.82. The van der Waals surface area contributed by atoms with E-state index in [1.807, 2.05) is 12.2 Å². The van der Waals surface area contributed by atoms with Crippen molar-refractivity contribution in [3.05, 3.63) is 17.1 Å². The minimum atomic E-state index is -0.639. The summed E-state index contributed by atoms with van der Waals surface area (Å²) in [5.74, 6) is 0.687. The average Bonchev–Trinajstić information content (AvgIpc) is 3.27. The maximum atomic E-state index is 11.8. The van der Waals surface area contributed by atoms with Gasteiger partial charge in [-0.25, -0.2) is 0 Å². The van der Waals surface area contributed by atoms with E-state index >= 15 is 0 Å². The van der Waals surface area contributed by atoms with Crippen LogP contribution in [0.15, 0.2) is 17.3 Å². The summed E-state index contributed by atoms with van der Waals surface area (Å²) in [6.07, 6.45) is 10.6. The zero-order valence-corrected chi connectivity index (χ0v) is 15.9. The Bertz CT molecular complexity index is 411. The van der Waals surface area contributed by atoms with Gasteiger partial charge in [-0.05, 0) is 31.6 Å². The number of unbranched alkanes of at least 4 members (excludes halogenated alkanes) is 2. The smallest absolute Gasteiger partial charge is 0.135 e. The van der Waals surface area contributed by atoms with Gasteiger partial charge in [-0.15, -0.1) is 0 Å². The zero-order chi connectivity index (χ0) is 18.5. The summed E-state index contributed by atoms with van der Waals surface area (Å²) in [6.45, 7) is 5.63. The molecule has 0 spiro atoms. The zero-order valence-electron chi connectivity index (χ0n) is 15.9. The highest BCUT2D eigenvalue weighted by Gasteiger charge is 2.49. The van der Waals surface area contributed by atoms with Gasteiger partial charge in [0.2, 0.25) is 0 Å². The summed E-state index contributed by atoms with van der Waals surface area (Å²) >= 11 is 0. The molecule has 5 nitrogen and oxygen atoms in total. The van der Waals surface area contributed by atoms with Gasteiger partial charge in [0.05, 0.1) is 6.10 Å². The molecule has 1 saturated carbocycles. The van der Waals surface area contributed by atoms with Crippen LogP contribution in [0.5, 0.6) is 0 Å². The van der Waals surface area contributed by atoms with E-state index in [2.05, 4.69) is 19.0 Å². The highest BCUT2D eigenvalue weighted by Crippen LogP contribution is 2.46. The lowest BCUT2D eigenvalue weighted by Crippen LogP contribution is -2.13. The molecular weight excluding hydrogens is 318 g/mol. The van der Waals surface area contributed by atoms with Gasteiger partial charge < -0.3 is 9.84 Å². The first kappa shape index (κ1) is 22.0. The van der Waals surface area contributed by atoms with Crippen LogP contribution in [0.1, 0.15) is 71.6 Å². The molecule has 25 heavy (non-hydrogen) atoms. The van der Waals surface area contributed by atoms with Gasteiger partial charge in [0.1, 0.15) is 11.8 Å². The molecule has 0 aromatic rings. The Hall–Kier alpha value is -1.07. The SMILES string of the molecule is CCCCOCCCC(=O)C[C@H](O)C/C=C/[C@@H]1C(CCCC)[C@@H]1N=O. The maximum Gasteiger partial charge on any atom is 0.135 e. The normalized spacial score (nSPS) is 23.7. The standard InChI is InChI=1S/C20H35NO4/c1-3-5-11-18-19(20(18)21-24)12-7-9-16(22)15-17(23)10-8-14-25-13-6-4-2/h7,12,16,18-20,22H,3-6,8-11,13-15H2,1-2H3/b12-7+/t16-,18?,19-,20+/m1/s1. The number of carbonyl (C=O) groups is 1. The van der Waals surface area contributed by atoms with Gasteiger partial charge in [-0.3, -0.25) is 4.79 Å². The van der Waals surface area contributed by atoms with Crippen LogP contribution >= 0.6 is 0 Å². The van der Waals surface area contributed by atoms with E-state index in [4.69, 9.17) is 4.74 Å². The summed E-state index contributed by atoms with van der Waals surface area (Å²) in [4.78, 5) is 22.6. The summed E-state index contributed by atoms with van der Waals surface area (Å²) in [5.41, 5.74) is 0. The minimum absolute atomic E-state index is 0.0830. The van der Waals surface area contributed by atoms with E-state index in [1.54, 1.807) is 0 Å². The number of carbonyl (C=O) groups excluding carboxylic acids is 1. The highest BCUT2D eigenvalue weighted by molar-refractivity contribution is 5.78. The second-order valence-electron chi connectivity index (χ2n) is 7.11. The molecule has 5 heteroatoms. The summed E-state index contributed by atoms with van der Waals surface area (Å²) in [7, 11) is 0. The number of hydrogen-bond donors (Lipinski definition) is 1. The van der Waals surface area contributed by atoms with Crippen LogP contribution in [-0.4, -0.2) is 36.2 Å². The Labute approximate surface area is 152 Å². The number of Topliss-reactive ketones (excluding diaryl/α,β-unsaturated/α-hetero) is 1. The predicted octanol–water partition coefficient (Wildman–Crippen LogP) is 4.42. The van der Waals surface area contributed by atoms with Gasteiger partial charge in [-0.2, -0.15) is 4.91 Å². The molecule has 1 N–H and O–H groups in total. The molecule has 0 saturated heterocycles. The van der Waals surface area contributed by atoms with E-state index in [0.717, 1.165) is 45.1 Å². The topological polar surface area (TPSA) is 76.0 Å². The number of ether oxygens (including phenoxy) is 1. The second-order valence-corrected chi connectivity index (χ2v) is 7.11. The molecule has 1 aliphatic rings. The van der Waals surface area contributed by atoms with Crippen LogP contribution in [0, 0.1) is 16.7 Å². The molecule has 0 heterocycles. The first-order chi connectivity index (χ1) is 12.1. The molecule has 1 unspecified atom stereocenters. The molecule has 0 radical (unpaired) electrons. The molecule has 1 aliphatic carbocycles. The lowest BCUT2D eigenvalue weighted by atomic mass is 10.1. The monoisotopic (exact) mass is 353 g/mol. The number of aliphatic hydroxyl groups excluding tert-OH is 1. The first-order valence-corrected chi connectivity index (χ1v) is 9.90. The summed E-state index contributed by atoms with van der Waals surface area (Å²) in [6, 6.07) is -0.0886. The molecule has 0 bridgehead atoms. The molecule has 0 aromatic heterocycles. The molecule has 1 rings (SSSR count). The number of hydrogen-bond acceptors (Lipinski definition) is 5. The van der Waals surface area contributed by atoms with Crippen molar-refractivity contribution in [2.24, 2.45) is 17.0 Å². The lowest BCUT2D eigenvalue weighted by Gasteiger charge is -2.07. The fourth-order valence-electron chi connectivity index (χ4n) is 3.15. The molecule has 0 aromatic carbocycles. The fourth-order valence-corrected chi connectivity index (χ4v) is 3.15. The lowest BCUT2D eigenvalue weighted by molar-refractivity contribution is -0.121. The van der Waals surface area contributed by atoms with Crippen LogP contribution in [-0.2, 0) is 9.53 Å². The number of aliphatic hydroxyl groups is 1. The van der Waals surface area contributed by atoms with Crippen LogP contribution in [0.25, 0.3) is 0 Å². The van der Waals surface area contributed by atoms with Crippen LogP contribution in [0.4, 0.5) is 0 Å². The van der Waals surface area contributed by atoms with Crippen molar-refractivity contribution in [1.29, 1.82) is 0 Å². The van der Waals surface area contributed by atoms with Crippen LogP contribution in [0.3, 0.4) is 0 Å². The number of ketones is 1. The van der Waals surface area contributed by atoms with Crippen molar-refractivity contribution in [2.45, 2.75) is 83.8 Å². The van der Waals surface area contributed by atoms with Crippen LogP contribution in [0.2, 0.25) is 0 Å². The van der Waals surface area contributed by atoms with E-state index in [1.165, 1.54) is 0 Å². The van der Waals surface area contributed by atoms with Gasteiger partial charge in [0.25, 0.3) is 0 Å². The predicted molar refractivity (Wildman–Crippen MR) is 100 cm³/mol. The highest BCUT2D eigenvalue weighted by atomic mass is 16.5. The van der Waals surface area contributed by atoms with Gasteiger partial charge in [0.15, 0.2) is 0 Å². The Morgan fingerprint density at radius 3 is 2.60 bits per heavy atom.